The first-order valence-corrected chi connectivity index (χ1v) is 8.01. The van der Waals surface area contributed by atoms with Crippen LogP contribution in [0.15, 0.2) is 18.2 Å². The summed E-state index contributed by atoms with van der Waals surface area (Å²) in [5, 5.41) is 7.25. The van der Waals surface area contributed by atoms with Gasteiger partial charge in [-0.05, 0) is 42.9 Å². The molecule has 0 atom stereocenters. The molecule has 0 aromatic heterocycles. The second kappa shape index (κ2) is 6.42. The van der Waals surface area contributed by atoms with E-state index < -0.39 is 0 Å². The van der Waals surface area contributed by atoms with E-state index in [9.17, 15) is 0 Å². The van der Waals surface area contributed by atoms with Crippen LogP contribution < -0.4 is 10.6 Å². The van der Waals surface area contributed by atoms with Gasteiger partial charge in [-0.1, -0.05) is 37.8 Å². The van der Waals surface area contributed by atoms with Gasteiger partial charge < -0.3 is 10.6 Å². The molecule has 2 heteroatoms. The Morgan fingerprint density at radius 2 is 1.89 bits per heavy atom. The van der Waals surface area contributed by atoms with Crippen molar-refractivity contribution in [2.45, 2.75) is 64.0 Å². The van der Waals surface area contributed by atoms with Crippen LogP contribution in [0.4, 0.5) is 5.69 Å². The van der Waals surface area contributed by atoms with Gasteiger partial charge in [0.2, 0.25) is 0 Å². The molecule has 1 saturated carbocycles. The van der Waals surface area contributed by atoms with Crippen molar-refractivity contribution in [3.05, 3.63) is 29.3 Å². The molecule has 1 aliphatic heterocycles. The number of rotatable bonds is 3. The summed E-state index contributed by atoms with van der Waals surface area (Å²) in [5.41, 5.74) is 4.31. The van der Waals surface area contributed by atoms with Crippen LogP contribution in [0.1, 0.15) is 56.1 Å². The fourth-order valence-corrected chi connectivity index (χ4v) is 3.38. The topological polar surface area (TPSA) is 24.1 Å². The number of hydrogen-bond acceptors (Lipinski definition) is 2. The molecule has 0 amide bonds. The van der Waals surface area contributed by atoms with Crippen LogP contribution >= 0.6 is 0 Å². The van der Waals surface area contributed by atoms with Gasteiger partial charge in [0.1, 0.15) is 0 Å². The lowest BCUT2D eigenvalue weighted by Crippen LogP contribution is -2.28. The Hall–Kier alpha value is -1.02. The van der Waals surface area contributed by atoms with Gasteiger partial charge in [-0.15, -0.1) is 0 Å². The molecule has 0 radical (unpaired) electrons. The lowest BCUT2D eigenvalue weighted by molar-refractivity contribution is 0.459. The van der Waals surface area contributed by atoms with Crippen molar-refractivity contribution in [3.63, 3.8) is 0 Å². The van der Waals surface area contributed by atoms with E-state index in [-0.39, 0.29) is 0 Å². The fraction of sp³-hybridized carbons (Fsp3) is 0.647. The zero-order valence-corrected chi connectivity index (χ0v) is 11.9. The average molecular weight is 258 g/mol. The van der Waals surface area contributed by atoms with Crippen molar-refractivity contribution in [1.82, 2.24) is 5.32 Å². The van der Waals surface area contributed by atoms with E-state index >= 15 is 0 Å². The maximum Gasteiger partial charge on any atom is 0.0372 e. The van der Waals surface area contributed by atoms with Crippen LogP contribution in [0.25, 0.3) is 0 Å². The molecule has 0 saturated heterocycles. The average Bonchev–Trinajstić information content (AvgIpc) is 2.73. The summed E-state index contributed by atoms with van der Waals surface area (Å²) >= 11 is 0. The summed E-state index contributed by atoms with van der Waals surface area (Å²) < 4.78 is 0. The minimum atomic E-state index is 0.747. The van der Waals surface area contributed by atoms with Crippen molar-refractivity contribution < 1.29 is 0 Å². The monoisotopic (exact) mass is 258 g/mol. The zero-order chi connectivity index (χ0) is 12.9. The van der Waals surface area contributed by atoms with Crippen molar-refractivity contribution in [2.24, 2.45) is 0 Å². The van der Waals surface area contributed by atoms with E-state index in [1.807, 2.05) is 0 Å². The number of hydrogen-bond donors (Lipinski definition) is 2. The molecular formula is C17H26N2. The van der Waals surface area contributed by atoms with Gasteiger partial charge in [0.15, 0.2) is 0 Å². The second-order valence-corrected chi connectivity index (χ2v) is 6.09. The van der Waals surface area contributed by atoms with E-state index in [4.69, 9.17) is 0 Å². The van der Waals surface area contributed by atoms with E-state index in [0.717, 1.165) is 19.1 Å². The highest BCUT2D eigenvalue weighted by atomic mass is 14.9. The molecule has 1 fully saturated rings. The summed E-state index contributed by atoms with van der Waals surface area (Å²) in [6, 6.07) is 7.68. The van der Waals surface area contributed by atoms with E-state index in [2.05, 4.69) is 28.8 Å². The molecule has 1 aromatic carbocycles. The van der Waals surface area contributed by atoms with E-state index in [1.54, 1.807) is 0 Å². The molecule has 0 unspecified atom stereocenters. The van der Waals surface area contributed by atoms with Crippen LogP contribution in [0.5, 0.6) is 0 Å². The highest BCUT2D eigenvalue weighted by Gasteiger charge is 2.12. The van der Waals surface area contributed by atoms with Gasteiger partial charge >= 0.3 is 0 Å². The minimum Gasteiger partial charge on any atom is -0.385 e. The molecule has 19 heavy (non-hydrogen) atoms. The Kier molecular flexibility index (Phi) is 4.39. The van der Waals surface area contributed by atoms with Gasteiger partial charge in [-0.3, -0.25) is 0 Å². The number of aryl methyl sites for hydroxylation is 1. The number of anilines is 1. The van der Waals surface area contributed by atoms with Crippen LogP contribution in [0, 0.1) is 0 Å². The molecule has 1 aliphatic carbocycles. The molecule has 2 N–H and O–H groups in total. The summed E-state index contributed by atoms with van der Waals surface area (Å²) in [4.78, 5) is 0. The van der Waals surface area contributed by atoms with Gasteiger partial charge in [0, 0.05) is 24.8 Å². The fourth-order valence-electron chi connectivity index (χ4n) is 3.38. The Morgan fingerprint density at radius 1 is 1.05 bits per heavy atom. The maximum absolute atomic E-state index is 3.76. The molecule has 1 heterocycles. The Morgan fingerprint density at radius 3 is 2.74 bits per heavy atom. The molecule has 104 valence electrons. The minimum absolute atomic E-state index is 0.747. The van der Waals surface area contributed by atoms with Gasteiger partial charge in [-0.2, -0.15) is 0 Å². The summed E-state index contributed by atoms with van der Waals surface area (Å²) in [6.45, 7) is 2.17. The molecule has 2 nitrogen and oxygen atoms in total. The third-order valence-electron chi connectivity index (χ3n) is 4.56. The molecule has 2 aliphatic rings. The molecule has 0 spiro atoms. The largest absolute Gasteiger partial charge is 0.385 e. The second-order valence-electron chi connectivity index (χ2n) is 6.09. The molecule has 3 rings (SSSR count). The normalized spacial score (nSPS) is 20.4. The number of fused-ring (bicyclic) bond motifs is 1. The lowest BCUT2D eigenvalue weighted by Gasteiger charge is -2.20. The van der Waals surface area contributed by atoms with Crippen LogP contribution in [-0.4, -0.2) is 12.6 Å². The summed E-state index contributed by atoms with van der Waals surface area (Å²) in [7, 11) is 0. The van der Waals surface area contributed by atoms with Crippen molar-refractivity contribution in [2.75, 3.05) is 11.9 Å². The summed E-state index contributed by atoms with van der Waals surface area (Å²) in [6.07, 6.45) is 10.9. The lowest BCUT2D eigenvalue weighted by atomic mass is 10.0. The van der Waals surface area contributed by atoms with Gasteiger partial charge in [0.05, 0.1) is 0 Å². The quantitative estimate of drug-likeness (QED) is 0.805. The third kappa shape index (κ3) is 3.50. The predicted octanol–water partition coefficient (Wildman–Crippen LogP) is 3.86. The predicted molar refractivity (Wildman–Crippen MR) is 81.6 cm³/mol. The first-order valence-electron chi connectivity index (χ1n) is 8.01. The smallest absolute Gasteiger partial charge is 0.0372 e. The Balaban J connectivity index is 1.57. The standard InChI is InChI=1S/C17H26N2/c1-2-4-8-16(7-3-1)19-13-14-9-10-17-15(12-14)6-5-11-18-17/h9-10,12,16,18-19H,1-8,11,13H2. The third-order valence-corrected chi connectivity index (χ3v) is 4.56. The van der Waals surface area contributed by atoms with Crippen molar-refractivity contribution >= 4 is 5.69 Å². The van der Waals surface area contributed by atoms with Crippen molar-refractivity contribution in [3.8, 4) is 0 Å². The van der Waals surface area contributed by atoms with Gasteiger partial charge in [-0.25, -0.2) is 0 Å². The highest BCUT2D eigenvalue weighted by molar-refractivity contribution is 5.54. The van der Waals surface area contributed by atoms with E-state index in [0.29, 0.717) is 0 Å². The van der Waals surface area contributed by atoms with Crippen LogP contribution in [-0.2, 0) is 13.0 Å². The van der Waals surface area contributed by atoms with Crippen molar-refractivity contribution in [1.29, 1.82) is 0 Å². The summed E-state index contributed by atoms with van der Waals surface area (Å²) in [5.74, 6) is 0. The SMILES string of the molecule is c1cc2c(cc1CNC1CCCCCC1)CCCN2. The Labute approximate surface area is 117 Å². The number of nitrogens with one attached hydrogen (secondary N) is 2. The molecule has 0 bridgehead atoms. The zero-order valence-electron chi connectivity index (χ0n) is 11.9. The van der Waals surface area contributed by atoms with E-state index in [1.165, 1.54) is 68.2 Å². The molecule has 1 aromatic rings. The van der Waals surface area contributed by atoms with Crippen LogP contribution in [0.2, 0.25) is 0 Å². The van der Waals surface area contributed by atoms with Crippen LogP contribution in [0.3, 0.4) is 0 Å². The maximum atomic E-state index is 3.76. The highest BCUT2D eigenvalue weighted by Crippen LogP contribution is 2.23. The first kappa shape index (κ1) is 13.0. The molecular weight excluding hydrogens is 232 g/mol. The van der Waals surface area contributed by atoms with Gasteiger partial charge in [0.25, 0.3) is 0 Å². The number of benzene rings is 1. The first-order chi connectivity index (χ1) is 9.42. The Bertz CT molecular complexity index is 406.